The van der Waals surface area contributed by atoms with Gasteiger partial charge in [-0.3, -0.25) is 9.69 Å². The number of rotatable bonds is 8. The minimum atomic E-state index is -0.126. The van der Waals surface area contributed by atoms with Crippen LogP contribution in [-0.4, -0.2) is 53.9 Å². The molecule has 4 aromatic rings. The SMILES string of the molecule is CN1CCN(Cc2ccc(-c3nc(CC(=O)Nc4ccccc4Oc4ccccc4)cs3)cc2)CC1. The van der Waals surface area contributed by atoms with Crippen LogP contribution in [0.2, 0.25) is 0 Å². The maximum atomic E-state index is 12.8. The lowest BCUT2D eigenvalue weighted by Crippen LogP contribution is -2.43. The summed E-state index contributed by atoms with van der Waals surface area (Å²) in [7, 11) is 2.18. The van der Waals surface area contributed by atoms with E-state index in [9.17, 15) is 4.79 Å². The number of para-hydroxylation sites is 3. The van der Waals surface area contributed by atoms with Gasteiger partial charge < -0.3 is 15.0 Å². The average Bonchev–Trinajstić information content (AvgIpc) is 3.36. The van der Waals surface area contributed by atoms with E-state index >= 15 is 0 Å². The van der Waals surface area contributed by atoms with Gasteiger partial charge in [0.1, 0.15) is 10.8 Å². The summed E-state index contributed by atoms with van der Waals surface area (Å²) in [5.74, 6) is 1.20. The Balaban J connectivity index is 1.18. The fourth-order valence-corrected chi connectivity index (χ4v) is 5.00. The Morgan fingerprint density at radius 3 is 2.44 bits per heavy atom. The van der Waals surface area contributed by atoms with Crippen LogP contribution in [0.5, 0.6) is 11.5 Å². The number of likely N-dealkylation sites (N-methyl/N-ethyl adjacent to an activating group) is 1. The first-order chi connectivity index (χ1) is 17.6. The van der Waals surface area contributed by atoms with Gasteiger partial charge in [0.25, 0.3) is 0 Å². The van der Waals surface area contributed by atoms with Crippen LogP contribution in [0.1, 0.15) is 11.3 Å². The number of piperazine rings is 1. The first kappa shape index (κ1) is 24.2. The van der Waals surface area contributed by atoms with Crippen molar-refractivity contribution >= 4 is 22.9 Å². The van der Waals surface area contributed by atoms with E-state index in [2.05, 4.69) is 46.4 Å². The maximum Gasteiger partial charge on any atom is 0.230 e. The summed E-state index contributed by atoms with van der Waals surface area (Å²) in [4.78, 5) is 22.4. The highest BCUT2D eigenvalue weighted by atomic mass is 32.1. The Morgan fingerprint density at radius 1 is 0.944 bits per heavy atom. The van der Waals surface area contributed by atoms with Gasteiger partial charge in [-0.05, 0) is 36.9 Å². The fraction of sp³-hybridized carbons (Fsp3) is 0.241. The number of nitrogens with zero attached hydrogens (tertiary/aromatic N) is 3. The largest absolute Gasteiger partial charge is 0.455 e. The molecule has 1 aliphatic rings. The molecule has 36 heavy (non-hydrogen) atoms. The van der Waals surface area contributed by atoms with Crippen LogP contribution in [0.3, 0.4) is 0 Å². The number of benzene rings is 3. The van der Waals surface area contributed by atoms with Gasteiger partial charge in [-0.15, -0.1) is 11.3 Å². The number of anilines is 1. The molecule has 0 unspecified atom stereocenters. The van der Waals surface area contributed by atoms with E-state index in [0.29, 0.717) is 11.4 Å². The lowest BCUT2D eigenvalue weighted by atomic mass is 10.1. The van der Waals surface area contributed by atoms with Gasteiger partial charge >= 0.3 is 0 Å². The number of thiazole rings is 1. The molecule has 1 aromatic heterocycles. The van der Waals surface area contributed by atoms with E-state index in [1.807, 2.05) is 60.0 Å². The zero-order valence-corrected chi connectivity index (χ0v) is 21.2. The average molecular weight is 499 g/mol. The van der Waals surface area contributed by atoms with Crippen molar-refractivity contribution in [3.8, 4) is 22.1 Å². The van der Waals surface area contributed by atoms with E-state index in [-0.39, 0.29) is 12.3 Å². The Hall–Kier alpha value is -3.52. The van der Waals surface area contributed by atoms with Gasteiger partial charge in [0.05, 0.1) is 17.8 Å². The number of nitrogens with one attached hydrogen (secondary N) is 1. The first-order valence-corrected chi connectivity index (χ1v) is 13.1. The van der Waals surface area contributed by atoms with Crippen LogP contribution in [0, 0.1) is 0 Å². The lowest BCUT2D eigenvalue weighted by Gasteiger charge is -2.32. The minimum Gasteiger partial charge on any atom is -0.455 e. The number of ether oxygens (including phenoxy) is 1. The molecule has 2 heterocycles. The lowest BCUT2D eigenvalue weighted by molar-refractivity contribution is -0.115. The van der Waals surface area contributed by atoms with Crippen molar-refractivity contribution in [2.75, 3.05) is 38.5 Å². The number of hydrogen-bond acceptors (Lipinski definition) is 6. The van der Waals surface area contributed by atoms with Gasteiger partial charge in [-0.1, -0.05) is 54.6 Å². The Bertz CT molecular complexity index is 1280. The zero-order chi connectivity index (χ0) is 24.7. The van der Waals surface area contributed by atoms with Gasteiger partial charge in [0.2, 0.25) is 5.91 Å². The molecular formula is C29H30N4O2S. The van der Waals surface area contributed by atoms with Crippen LogP contribution >= 0.6 is 11.3 Å². The predicted molar refractivity (Wildman–Crippen MR) is 146 cm³/mol. The Morgan fingerprint density at radius 2 is 1.67 bits per heavy atom. The molecule has 0 radical (unpaired) electrons. The second kappa shape index (κ2) is 11.5. The zero-order valence-electron chi connectivity index (χ0n) is 20.4. The van der Waals surface area contributed by atoms with E-state index in [0.717, 1.165) is 54.7 Å². The molecule has 0 spiro atoms. The number of aromatic nitrogens is 1. The topological polar surface area (TPSA) is 57.7 Å². The first-order valence-electron chi connectivity index (χ1n) is 12.2. The smallest absolute Gasteiger partial charge is 0.230 e. The molecule has 6 nitrogen and oxygen atoms in total. The van der Waals surface area contributed by atoms with Crippen molar-refractivity contribution < 1.29 is 9.53 Å². The summed E-state index contributed by atoms with van der Waals surface area (Å²) in [6.07, 6.45) is 0.206. The number of carbonyl (C=O) groups is 1. The van der Waals surface area contributed by atoms with Gasteiger partial charge in [-0.2, -0.15) is 0 Å². The van der Waals surface area contributed by atoms with Crippen LogP contribution < -0.4 is 10.1 Å². The van der Waals surface area contributed by atoms with Crippen molar-refractivity contribution in [2.45, 2.75) is 13.0 Å². The van der Waals surface area contributed by atoms with Crippen molar-refractivity contribution in [3.63, 3.8) is 0 Å². The van der Waals surface area contributed by atoms with Crippen molar-refractivity contribution in [1.29, 1.82) is 0 Å². The third kappa shape index (κ3) is 6.37. The van der Waals surface area contributed by atoms with Crippen LogP contribution in [-0.2, 0) is 17.8 Å². The standard InChI is InChI=1S/C29H30N4O2S/c1-32-15-17-33(18-16-32)20-22-11-13-23(14-12-22)29-30-24(21-36-29)19-28(34)31-26-9-5-6-10-27(26)35-25-7-3-2-4-8-25/h2-14,21H,15-20H2,1H3,(H,31,34). The quantitative estimate of drug-likeness (QED) is 0.346. The monoisotopic (exact) mass is 498 g/mol. The van der Waals surface area contributed by atoms with Gasteiger partial charge in [0.15, 0.2) is 5.75 Å². The highest BCUT2D eigenvalue weighted by molar-refractivity contribution is 7.13. The molecule has 0 atom stereocenters. The van der Waals surface area contributed by atoms with E-state index < -0.39 is 0 Å². The molecule has 5 rings (SSSR count). The predicted octanol–water partition coefficient (Wildman–Crippen LogP) is 5.53. The third-order valence-corrected chi connectivity index (χ3v) is 7.17. The highest BCUT2D eigenvalue weighted by Gasteiger charge is 2.15. The van der Waals surface area contributed by atoms with E-state index in [1.54, 1.807) is 11.3 Å². The second-order valence-electron chi connectivity index (χ2n) is 9.06. The number of hydrogen-bond donors (Lipinski definition) is 1. The number of carbonyl (C=O) groups excluding carboxylic acids is 1. The van der Waals surface area contributed by atoms with Crippen molar-refractivity contribution in [3.05, 3.63) is 95.5 Å². The van der Waals surface area contributed by atoms with Crippen molar-refractivity contribution in [2.24, 2.45) is 0 Å². The summed E-state index contributed by atoms with van der Waals surface area (Å²) < 4.78 is 5.95. The molecule has 3 aromatic carbocycles. The second-order valence-corrected chi connectivity index (χ2v) is 9.91. The molecule has 1 aliphatic heterocycles. The Labute approximate surface area is 216 Å². The summed E-state index contributed by atoms with van der Waals surface area (Å²) in [6.45, 7) is 5.45. The minimum absolute atomic E-state index is 0.126. The van der Waals surface area contributed by atoms with E-state index in [1.165, 1.54) is 5.56 Å². The normalized spacial score (nSPS) is 14.5. The molecule has 0 saturated carbocycles. The summed E-state index contributed by atoms with van der Waals surface area (Å²) in [6, 6.07) is 25.6. The van der Waals surface area contributed by atoms with Gasteiger partial charge in [-0.25, -0.2) is 4.98 Å². The molecule has 7 heteroatoms. The van der Waals surface area contributed by atoms with Crippen molar-refractivity contribution in [1.82, 2.24) is 14.8 Å². The Kier molecular flexibility index (Phi) is 7.71. The van der Waals surface area contributed by atoms with E-state index in [4.69, 9.17) is 9.72 Å². The molecule has 184 valence electrons. The molecule has 1 saturated heterocycles. The summed E-state index contributed by atoms with van der Waals surface area (Å²) in [5.41, 5.74) is 3.79. The molecule has 0 bridgehead atoms. The summed E-state index contributed by atoms with van der Waals surface area (Å²) >= 11 is 1.57. The van der Waals surface area contributed by atoms with Crippen LogP contribution in [0.15, 0.2) is 84.2 Å². The van der Waals surface area contributed by atoms with Crippen LogP contribution in [0.25, 0.3) is 10.6 Å². The van der Waals surface area contributed by atoms with Crippen LogP contribution in [0.4, 0.5) is 5.69 Å². The molecule has 1 amide bonds. The third-order valence-electron chi connectivity index (χ3n) is 6.23. The highest BCUT2D eigenvalue weighted by Crippen LogP contribution is 2.29. The molecule has 1 fully saturated rings. The summed E-state index contributed by atoms with van der Waals surface area (Å²) in [5, 5.41) is 5.86. The molecule has 0 aliphatic carbocycles. The fourth-order valence-electron chi connectivity index (χ4n) is 4.17. The molecule has 1 N–H and O–H groups in total. The maximum absolute atomic E-state index is 12.8. The number of amides is 1. The van der Waals surface area contributed by atoms with Gasteiger partial charge in [0, 0.05) is 43.7 Å². The molecular weight excluding hydrogens is 468 g/mol.